The summed E-state index contributed by atoms with van der Waals surface area (Å²) in [5, 5.41) is 8.53. The van der Waals surface area contributed by atoms with E-state index in [1.807, 2.05) is 0 Å². The fourth-order valence-corrected chi connectivity index (χ4v) is 0.792. The lowest BCUT2D eigenvalue weighted by Gasteiger charge is -2.07. The standard InChI is InChI=1S/C8H7F3N2O3/c9-8(10,11)1-2-16-6-4-12-3-5(13-6)7(14)15/h3-4H,1-2H2,(H,14,15). The minimum absolute atomic E-state index is 0.246. The van der Waals surface area contributed by atoms with Crippen molar-refractivity contribution in [2.75, 3.05) is 6.61 Å². The first-order valence-corrected chi connectivity index (χ1v) is 4.13. The number of ether oxygens (including phenoxy) is 1. The van der Waals surface area contributed by atoms with Crippen molar-refractivity contribution in [2.24, 2.45) is 0 Å². The predicted octanol–water partition coefficient (Wildman–Crippen LogP) is 1.51. The SMILES string of the molecule is O=C(O)c1cncc(OCCC(F)(F)F)n1. The second kappa shape index (κ2) is 4.77. The van der Waals surface area contributed by atoms with E-state index < -0.39 is 25.2 Å². The molecule has 0 atom stereocenters. The summed E-state index contributed by atoms with van der Waals surface area (Å²) in [6, 6.07) is 0. The number of aromatic carboxylic acids is 1. The molecule has 0 radical (unpaired) electrons. The third kappa shape index (κ3) is 4.11. The van der Waals surface area contributed by atoms with Crippen LogP contribution in [0, 0.1) is 0 Å². The highest BCUT2D eigenvalue weighted by Crippen LogP contribution is 2.19. The van der Waals surface area contributed by atoms with Crippen molar-refractivity contribution in [3.8, 4) is 5.88 Å². The number of hydrogen-bond donors (Lipinski definition) is 1. The van der Waals surface area contributed by atoms with Gasteiger partial charge in [-0.2, -0.15) is 13.2 Å². The van der Waals surface area contributed by atoms with Crippen molar-refractivity contribution >= 4 is 5.97 Å². The first-order chi connectivity index (χ1) is 7.38. The van der Waals surface area contributed by atoms with Gasteiger partial charge in [-0.25, -0.2) is 9.78 Å². The maximum absolute atomic E-state index is 11.8. The number of carboxylic acid groups (broad SMARTS) is 1. The lowest BCUT2D eigenvalue weighted by atomic mass is 10.4. The van der Waals surface area contributed by atoms with Gasteiger partial charge in [0.25, 0.3) is 0 Å². The van der Waals surface area contributed by atoms with Gasteiger partial charge in [-0.1, -0.05) is 0 Å². The molecule has 1 aromatic heterocycles. The van der Waals surface area contributed by atoms with Gasteiger partial charge in [-0.15, -0.1) is 0 Å². The Kier molecular flexibility index (Phi) is 3.64. The zero-order chi connectivity index (χ0) is 12.2. The Balaban J connectivity index is 2.55. The van der Waals surface area contributed by atoms with Gasteiger partial charge in [0.1, 0.15) is 0 Å². The Morgan fingerprint density at radius 1 is 1.44 bits per heavy atom. The molecule has 0 spiro atoms. The van der Waals surface area contributed by atoms with Crippen LogP contribution in [-0.2, 0) is 0 Å². The molecular weight excluding hydrogens is 229 g/mol. The molecule has 16 heavy (non-hydrogen) atoms. The molecule has 0 saturated heterocycles. The minimum Gasteiger partial charge on any atom is -0.476 e. The molecule has 1 heterocycles. The van der Waals surface area contributed by atoms with Gasteiger partial charge >= 0.3 is 12.1 Å². The molecule has 88 valence electrons. The zero-order valence-electron chi connectivity index (χ0n) is 7.86. The van der Waals surface area contributed by atoms with Crippen molar-refractivity contribution in [3.05, 3.63) is 18.1 Å². The molecule has 1 aromatic rings. The molecule has 0 aliphatic rings. The van der Waals surface area contributed by atoms with E-state index in [4.69, 9.17) is 5.11 Å². The van der Waals surface area contributed by atoms with Crippen molar-refractivity contribution in [2.45, 2.75) is 12.6 Å². The first-order valence-electron chi connectivity index (χ1n) is 4.13. The molecule has 0 amide bonds. The summed E-state index contributed by atoms with van der Waals surface area (Å²) in [6.45, 7) is -0.624. The van der Waals surface area contributed by atoms with Crippen LogP contribution in [0.3, 0.4) is 0 Å². The second-order valence-corrected chi connectivity index (χ2v) is 2.76. The topological polar surface area (TPSA) is 72.3 Å². The van der Waals surface area contributed by atoms with Gasteiger partial charge in [-0.05, 0) is 0 Å². The smallest absolute Gasteiger partial charge is 0.392 e. The summed E-state index contributed by atoms with van der Waals surface area (Å²) in [4.78, 5) is 17.4. The van der Waals surface area contributed by atoms with E-state index in [0.717, 1.165) is 12.4 Å². The quantitative estimate of drug-likeness (QED) is 0.857. The number of aromatic nitrogens is 2. The number of hydrogen-bond acceptors (Lipinski definition) is 4. The van der Waals surface area contributed by atoms with Crippen molar-refractivity contribution in [1.29, 1.82) is 0 Å². The summed E-state index contributed by atoms with van der Waals surface area (Å²) in [5.74, 6) is -1.57. The average Bonchev–Trinajstić information content (AvgIpc) is 2.16. The van der Waals surface area contributed by atoms with Gasteiger partial charge in [0.05, 0.1) is 25.4 Å². The maximum Gasteiger partial charge on any atom is 0.392 e. The normalized spacial score (nSPS) is 11.2. The Morgan fingerprint density at radius 2 is 2.12 bits per heavy atom. The summed E-state index contributed by atoms with van der Waals surface area (Å²) < 4.78 is 39.9. The van der Waals surface area contributed by atoms with Crippen molar-refractivity contribution in [1.82, 2.24) is 9.97 Å². The van der Waals surface area contributed by atoms with Crippen LogP contribution in [0.1, 0.15) is 16.9 Å². The van der Waals surface area contributed by atoms with E-state index in [0.29, 0.717) is 0 Å². The molecule has 0 bridgehead atoms. The number of rotatable bonds is 4. The van der Waals surface area contributed by atoms with E-state index in [1.54, 1.807) is 0 Å². The van der Waals surface area contributed by atoms with Crippen LogP contribution in [0.2, 0.25) is 0 Å². The van der Waals surface area contributed by atoms with Crippen LogP contribution in [0.4, 0.5) is 13.2 Å². The molecule has 0 aliphatic heterocycles. The van der Waals surface area contributed by atoms with Crippen LogP contribution in [-0.4, -0.2) is 33.8 Å². The summed E-state index contributed by atoms with van der Waals surface area (Å²) in [7, 11) is 0. The molecule has 5 nitrogen and oxygen atoms in total. The Labute approximate surface area is 87.9 Å². The van der Waals surface area contributed by atoms with Crippen molar-refractivity contribution in [3.63, 3.8) is 0 Å². The molecule has 1 N–H and O–H groups in total. The monoisotopic (exact) mass is 236 g/mol. The Bertz CT molecular complexity index is 381. The minimum atomic E-state index is -4.32. The number of carbonyl (C=O) groups is 1. The molecule has 0 aliphatic carbocycles. The van der Waals surface area contributed by atoms with E-state index >= 15 is 0 Å². The van der Waals surface area contributed by atoms with Crippen LogP contribution < -0.4 is 4.74 Å². The van der Waals surface area contributed by atoms with Crippen molar-refractivity contribution < 1.29 is 27.8 Å². The van der Waals surface area contributed by atoms with Crippen LogP contribution in [0.15, 0.2) is 12.4 Å². The molecule has 1 rings (SSSR count). The molecule has 0 saturated carbocycles. The van der Waals surface area contributed by atoms with E-state index in [-0.39, 0.29) is 11.6 Å². The van der Waals surface area contributed by atoms with Gasteiger partial charge < -0.3 is 9.84 Å². The highest BCUT2D eigenvalue weighted by atomic mass is 19.4. The highest BCUT2D eigenvalue weighted by molar-refractivity contribution is 5.84. The maximum atomic E-state index is 11.8. The van der Waals surface area contributed by atoms with Gasteiger partial charge in [0, 0.05) is 0 Å². The summed E-state index contributed by atoms with van der Waals surface area (Å²) in [5.41, 5.74) is -0.385. The van der Waals surface area contributed by atoms with E-state index in [9.17, 15) is 18.0 Å². The van der Waals surface area contributed by atoms with E-state index in [1.165, 1.54) is 0 Å². The third-order valence-electron chi connectivity index (χ3n) is 1.47. The lowest BCUT2D eigenvalue weighted by molar-refractivity contribution is -0.139. The largest absolute Gasteiger partial charge is 0.476 e. The Morgan fingerprint density at radius 3 is 2.69 bits per heavy atom. The van der Waals surface area contributed by atoms with Gasteiger partial charge in [-0.3, -0.25) is 4.98 Å². The number of alkyl halides is 3. The van der Waals surface area contributed by atoms with Crippen LogP contribution >= 0.6 is 0 Å². The number of nitrogens with zero attached hydrogens (tertiary/aromatic N) is 2. The van der Waals surface area contributed by atoms with Gasteiger partial charge in [0.2, 0.25) is 5.88 Å². The molecule has 0 fully saturated rings. The average molecular weight is 236 g/mol. The summed E-state index contributed by atoms with van der Waals surface area (Å²) in [6.07, 6.45) is -3.44. The second-order valence-electron chi connectivity index (χ2n) is 2.76. The van der Waals surface area contributed by atoms with Crippen LogP contribution in [0.25, 0.3) is 0 Å². The third-order valence-corrected chi connectivity index (χ3v) is 1.47. The highest BCUT2D eigenvalue weighted by Gasteiger charge is 2.26. The predicted molar refractivity (Wildman–Crippen MR) is 45.2 cm³/mol. The Hall–Kier alpha value is -1.86. The number of carboxylic acids is 1. The fourth-order valence-electron chi connectivity index (χ4n) is 0.792. The molecule has 0 aromatic carbocycles. The van der Waals surface area contributed by atoms with E-state index in [2.05, 4.69) is 14.7 Å². The van der Waals surface area contributed by atoms with Gasteiger partial charge in [0.15, 0.2) is 5.69 Å². The molecular formula is C8H7F3N2O3. The fraction of sp³-hybridized carbons (Fsp3) is 0.375. The zero-order valence-corrected chi connectivity index (χ0v) is 7.86. The molecule has 8 heteroatoms. The number of halogens is 3. The first kappa shape index (κ1) is 12.2. The summed E-state index contributed by atoms with van der Waals surface area (Å²) >= 11 is 0. The lowest BCUT2D eigenvalue weighted by Crippen LogP contribution is -2.14. The van der Waals surface area contributed by atoms with Crippen LogP contribution in [0.5, 0.6) is 5.88 Å². The molecule has 0 unspecified atom stereocenters.